The van der Waals surface area contributed by atoms with Gasteiger partial charge < -0.3 is 10.1 Å². The number of carbonyl (C=O) groups excluding carboxylic acids is 1. The molecule has 0 saturated carbocycles. The molecule has 0 heterocycles. The Labute approximate surface area is 120 Å². The Morgan fingerprint density at radius 1 is 1.32 bits per heavy atom. The fraction of sp³-hybridized carbons (Fsp3) is 0.533. The first-order valence-corrected chi connectivity index (χ1v) is 6.96. The van der Waals surface area contributed by atoms with E-state index in [1.54, 1.807) is 0 Å². The summed E-state index contributed by atoms with van der Waals surface area (Å²) in [5.74, 6) is 0.613. The molecule has 0 aromatic heterocycles. The fourth-order valence-electron chi connectivity index (χ4n) is 1.54. The van der Waals surface area contributed by atoms with E-state index in [2.05, 4.69) is 12.2 Å². The molecule has 1 rings (SSSR count). The van der Waals surface area contributed by atoms with Gasteiger partial charge in [0.25, 0.3) is 0 Å². The number of ether oxygens (including phenoxy) is 1. The second-order valence-corrected chi connectivity index (χ2v) is 5.96. The number of benzene rings is 1. The Kier molecular flexibility index (Phi) is 5.67. The predicted molar refractivity (Wildman–Crippen MR) is 78.7 cm³/mol. The van der Waals surface area contributed by atoms with Crippen molar-refractivity contribution < 1.29 is 9.53 Å². The summed E-state index contributed by atoms with van der Waals surface area (Å²) >= 11 is 6.17. The highest BCUT2D eigenvalue weighted by molar-refractivity contribution is 6.30. The topological polar surface area (TPSA) is 38.3 Å². The Morgan fingerprint density at radius 2 is 1.89 bits per heavy atom. The summed E-state index contributed by atoms with van der Waals surface area (Å²) in [5.41, 5.74) is 0.487. The molecule has 106 valence electrons. The summed E-state index contributed by atoms with van der Waals surface area (Å²) in [4.78, 5) is 11.9. The maximum atomic E-state index is 11.9. The van der Waals surface area contributed by atoms with Crippen molar-refractivity contribution in [3.8, 4) is 5.75 Å². The minimum Gasteiger partial charge on any atom is -0.494 e. The molecular formula is C15H22ClNO2. The molecule has 1 aromatic carbocycles. The van der Waals surface area contributed by atoms with Crippen LogP contribution in [0.25, 0.3) is 0 Å². The van der Waals surface area contributed by atoms with Gasteiger partial charge in [0, 0.05) is 5.54 Å². The van der Waals surface area contributed by atoms with Gasteiger partial charge in [-0.05, 0) is 44.9 Å². The van der Waals surface area contributed by atoms with Crippen molar-refractivity contribution in [3.63, 3.8) is 0 Å². The van der Waals surface area contributed by atoms with Gasteiger partial charge in [-0.25, -0.2) is 0 Å². The van der Waals surface area contributed by atoms with Crippen molar-refractivity contribution in [1.29, 1.82) is 0 Å². The Morgan fingerprint density at radius 3 is 2.37 bits per heavy atom. The number of halogens is 1. The normalized spacial score (nSPS) is 12.9. The summed E-state index contributed by atoms with van der Waals surface area (Å²) in [7, 11) is 0. The SMILES string of the molecule is CCCOc1ccc(C(Cl)C(=O)NC(C)(C)C)cc1. The van der Waals surface area contributed by atoms with E-state index in [1.807, 2.05) is 45.0 Å². The second kappa shape index (κ2) is 6.80. The standard InChI is InChI=1S/C15H22ClNO2/c1-5-10-19-12-8-6-11(7-9-12)13(16)14(18)17-15(2,3)4/h6-9,13H,5,10H2,1-4H3,(H,17,18). The Bertz CT molecular complexity index is 409. The van der Waals surface area contributed by atoms with Gasteiger partial charge in [-0.3, -0.25) is 4.79 Å². The molecule has 0 aliphatic rings. The van der Waals surface area contributed by atoms with Crippen LogP contribution in [0.3, 0.4) is 0 Å². The van der Waals surface area contributed by atoms with Crippen LogP contribution in [0.5, 0.6) is 5.75 Å². The quantitative estimate of drug-likeness (QED) is 0.838. The smallest absolute Gasteiger partial charge is 0.242 e. The van der Waals surface area contributed by atoms with Gasteiger partial charge in [0.15, 0.2) is 0 Å². The first kappa shape index (κ1) is 15.8. The summed E-state index contributed by atoms with van der Waals surface area (Å²) < 4.78 is 5.49. The molecule has 0 aliphatic heterocycles. The summed E-state index contributed by atoms with van der Waals surface area (Å²) in [6.07, 6.45) is 0.966. The average Bonchev–Trinajstić information content (AvgIpc) is 2.34. The molecule has 0 saturated heterocycles. The summed E-state index contributed by atoms with van der Waals surface area (Å²) in [6.45, 7) is 8.52. The van der Waals surface area contributed by atoms with Crippen LogP contribution in [0.15, 0.2) is 24.3 Å². The molecule has 1 atom stereocenters. The zero-order valence-electron chi connectivity index (χ0n) is 12.0. The molecule has 0 aliphatic carbocycles. The summed E-state index contributed by atoms with van der Waals surface area (Å²) in [5, 5.41) is 2.18. The van der Waals surface area contributed by atoms with Crippen molar-refractivity contribution in [2.45, 2.75) is 45.0 Å². The molecule has 0 bridgehead atoms. The third-order valence-electron chi connectivity index (χ3n) is 2.37. The van der Waals surface area contributed by atoms with E-state index in [-0.39, 0.29) is 11.4 Å². The molecule has 0 radical (unpaired) electrons. The number of hydrogen-bond donors (Lipinski definition) is 1. The molecule has 1 aromatic rings. The highest BCUT2D eigenvalue weighted by Gasteiger charge is 2.22. The largest absolute Gasteiger partial charge is 0.494 e. The molecule has 19 heavy (non-hydrogen) atoms. The van der Waals surface area contributed by atoms with Gasteiger partial charge in [0.05, 0.1) is 6.61 Å². The molecular weight excluding hydrogens is 262 g/mol. The average molecular weight is 284 g/mol. The fourth-order valence-corrected chi connectivity index (χ4v) is 1.74. The highest BCUT2D eigenvalue weighted by Crippen LogP contribution is 2.24. The zero-order valence-corrected chi connectivity index (χ0v) is 12.8. The van der Waals surface area contributed by atoms with Crippen LogP contribution in [0.2, 0.25) is 0 Å². The lowest BCUT2D eigenvalue weighted by molar-refractivity contribution is -0.122. The number of alkyl halides is 1. The number of nitrogens with one attached hydrogen (secondary N) is 1. The predicted octanol–water partition coefficient (Wildman–Crippen LogP) is 3.67. The van der Waals surface area contributed by atoms with Crippen molar-refractivity contribution in [2.75, 3.05) is 6.61 Å². The van der Waals surface area contributed by atoms with E-state index in [1.165, 1.54) is 0 Å². The molecule has 1 N–H and O–H groups in total. The third-order valence-corrected chi connectivity index (χ3v) is 2.82. The van der Waals surface area contributed by atoms with E-state index in [9.17, 15) is 4.79 Å². The maximum absolute atomic E-state index is 11.9. The molecule has 4 heteroatoms. The van der Waals surface area contributed by atoms with E-state index < -0.39 is 5.38 Å². The molecule has 3 nitrogen and oxygen atoms in total. The van der Waals surface area contributed by atoms with E-state index in [0.717, 1.165) is 17.7 Å². The van der Waals surface area contributed by atoms with Crippen LogP contribution in [0.4, 0.5) is 0 Å². The number of carbonyl (C=O) groups is 1. The first-order valence-electron chi connectivity index (χ1n) is 6.52. The number of hydrogen-bond acceptors (Lipinski definition) is 2. The Balaban J connectivity index is 2.67. The lowest BCUT2D eigenvalue weighted by Crippen LogP contribution is -2.42. The van der Waals surface area contributed by atoms with Crippen LogP contribution in [-0.4, -0.2) is 18.1 Å². The van der Waals surface area contributed by atoms with Crippen LogP contribution < -0.4 is 10.1 Å². The van der Waals surface area contributed by atoms with E-state index in [0.29, 0.717) is 6.61 Å². The van der Waals surface area contributed by atoms with Crippen LogP contribution in [-0.2, 0) is 4.79 Å². The molecule has 1 amide bonds. The molecule has 1 unspecified atom stereocenters. The van der Waals surface area contributed by atoms with Gasteiger partial charge in [-0.1, -0.05) is 19.1 Å². The van der Waals surface area contributed by atoms with E-state index in [4.69, 9.17) is 16.3 Å². The van der Waals surface area contributed by atoms with E-state index >= 15 is 0 Å². The minimum absolute atomic E-state index is 0.184. The van der Waals surface area contributed by atoms with Crippen LogP contribution in [0, 0.1) is 0 Å². The number of rotatable bonds is 5. The second-order valence-electron chi connectivity index (χ2n) is 5.52. The minimum atomic E-state index is -0.681. The van der Waals surface area contributed by atoms with Gasteiger partial charge >= 0.3 is 0 Å². The maximum Gasteiger partial charge on any atom is 0.242 e. The van der Waals surface area contributed by atoms with Crippen molar-refractivity contribution >= 4 is 17.5 Å². The highest BCUT2D eigenvalue weighted by atomic mass is 35.5. The summed E-state index contributed by atoms with van der Waals surface area (Å²) in [6, 6.07) is 7.32. The zero-order chi connectivity index (χ0) is 14.5. The third kappa shape index (κ3) is 5.52. The first-order chi connectivity index (χ1) is 8.83. The van der Waals surface area contributed by atoms with Gasteiger partial charge in [0.1, 0.15) is 11.1 Å². The molecule has 0 fully saturated rings. The van der Waals surface area contributed by atoms with Crippen LogP contribution >= 0.6 is 11.6 Å². The van der Waals surface area contributed by atoms with Crippen molar-refractivity contribution in [1.82, 2.24) is 5.32 Å². The number of amides is 1. The van der Waals surface area contributed by atoms with Gasteiger partial charge in [0.2, 0.25) is 5.91 Å². The lowest BCUT2D eigenvalue weighted by Gasteiger charge is -2.22. The van der Waals surface area contributed by atoms with Crippen molar-refractivity contribution in [2.24, 2.45) is 0 Å². The van der Waals surface area contributed by atoms with Crippen molar-refractivity contribution in [3.05, 3.63) is 29.8 Å². The lowest BCUT2D eigenvalue weighted by atomic mass is 10.1. The molecule has 0 spiro atoms. The Hall–Kier alpha value is -1.22. The van der Waals surface area contributed by atoms with Gasteiger partial charge in [-0.2, -0.15) is 0 Å². The van der Waals surface area contributed by atoms with Crippen LogP contribution in [0.1, 0.15) is 45.1 Å². The monoisotopic (exact) mass is 283 g/mol. The van der Waals surface area contributed by atoms with Gasteiger partial charge in [-0.15, -0.1) is 11.6 Å².